The minimum absolute atomic E-state index is 0.374. The fourth-order valence-electron chi connectivity index (χ4n) is 2.55. The zero-order valence-electron chi connectivity index (χ0n) is 10.6. The van der Waals surface area contributed by atoms with Crippen LogP contribution < -0.4 is 11.1 Å². The molecular formula is C13H19N5. The molecule has 0 amide bonds. The van der Waals surface area contributed by atoms with E-state index in [1.165, 1.54) is 0 Å². The van der Waals surface area contributed by atoms with E-state index in [2.05, 4.69) is 15.4 Å². The van der Waals surface area contributed by atoms with E-state index in [0.717, 1.165) is 42.8 Å². The Morgan fingerprint density at radius 2 is 2.11 bits per heavy atom. The Balaban J connectivity index is 1.77. The molecule has 0 spiro atoms. The van der Waals surface area contributed by atoms with E-state index >= 15 is 0 Å². The fourth-order valence-corrected chi connectivity index (χ4v) is 2.55. The second-order valence-electron chi connectivity index (χ2n) is 5.15. The lowest BCUT2D eigenvalue weighted by molar-refractivity contribution is 0.410. The molecule has 18 heavy (non-hydrogen) atoms. The SMILES string of the molecule is Cc1cccn2nc(NC3CCC(N)CC3)nc12. The summed E-state index contributed by atoms with van der Waals surface area (Å²) in [5.74, 6) is 0.727. The average molecular weight is 245 g/mol. The normalized spacial score (nSPS) is 24.3. The third-order valence-electron chi connectivity index (χ3n) is 3.66. The van der Waals surface area contributed by atoms with Crippen molar-refractivity contribution >= 4 is 11.6 Å². The van der Waals surface area contributed by atoms with Gasteiger partial charge in [0.2, 0.25) is 5.95 Å². The van der Waals surface area contributed by atoms with Gasteiger partial charge in [-0.3, -0.25) is 0 Å². The molecule has 5 nitrogen and oxygen atoms in total. The third-order valence-corrected chi connectivity index (χ3v) is 3.66. The summed E-state index contributed by atoms with van der Waals surface area (Å²) in [5.41, 5.74) is 7.97. The highest BCUT2D eigenvalue weighted by Gasteiger charge is 2.19. The summed E-state index contributed by atoms with van der Waals surface area (Å²) in [4.78, 5) is 4.53. The Hall–Kier alpha value is -1.62. The van der Waals surface area contributed by atoms with Crippen molar-refractivity contribution in [1.82, 2.24) is 14.6 Å². The third kappa shape index (κ3) is 2.18. The van der Waals surface area contributed by atoms with Gasteiger partial charge in [0.15, 0.2) is 5.65 Å². The summed E-state index contributed by atoms with van der Waals surface area (Å²) in [5, 5.41) is 7.87. The van der Waals surface area contributed by atoms with E-state index in [1.54, 1.807) is 0 Å². The Morgan fingerprint density at radius 3 is 2.83 bits per heavy atom. The van der Waals surface area contributed by atoms with Crippen molar-refractivity contribution in [3.63, 3.8) is 0 Å². The Bertz CT molecular complexity index is 539. The first kappa shape index (κ1) is 11.5. The van der Waals surface area contributed by atoms with Crippen molar-refractivity contribution in [1.29, 1.82) is 0 Å². The molecule has 5 heteroatoms. The number of aromatic nitrogens is 3. The number of anilines is 1. The minimum Gasteiger partial charge on any atom is -0.350 e. The number of hydrogen-bond acceptors (Lipinski definition) is 4. The van der Waals surface area contributed by atoms with E-state index in [0.29, 0.717) is 12.1 Å². The van der Waals surface area contributed by atoms with Gasteiger partial charge in [-0.15, -0.1) is 5.10 Å². The van der Waals surface area contributed by atoms with Crippen LogP contribution in [0.25, 0.3) is 5.65 Å². The Kier molecular flexibility index (Phi) is 2.91. The topological polar surface area (TPSA) is 68.2 Å². The zero-order valence-corrected chi connectivity index (χ0v) is 10.6. The lowest BCUT2D eigenvalue weighted by atomic mass is 9.92. The van der Waals surface area contributed by atoms with Crippen molar-refractivity contribution in [3.8, 4) is 0 Å². The van der Waals surface area contributed by atoms with Crippen LogP contribution in [0.1, 0.15) is 31.2 Å². The van der Waals surface area contributed by atoms with E-state index < -0.39 is 0 Å². The molecule has 3 N–H and O–H groups in total. The van der Waals surface area contributed by atoms with Gasteiger partial charge < -0.3 is 11.1 Å². The van der Waals surface area contributed by atoms with Gasteiger partial charge >= 0.3 is 0 Å². The van der Waals surface area contributed by atoms with Crippen LogP contribution in [0.2, 0.25) is 0 Å². The molecular weight excluding hydrogens is 226 g/mol. The van der Waals surface area contributed by atoms with Crippen LogP contribution >= 0.6 is 0 Å². The molecule has 2 heterocycles. The van der Waals surface area contributed by atoms with Crippen LogP contribution in [0.4, 0.5) is 5.95 Å². The van der Waals surface area contributed by atoms with Crippen molar-refractivity contribution in [2.24, 2.45) is 5.73 Å². The highest BCUT2D eigenvalue weighted by atomic mass is 15.3. The van der Waals surface area contributed by atoms with Crippen LogP contribution in [0.5, 0.6) is 0 Å². The van der Waals surface area contributed by atoms with Crippen LogP contribution in [0.3, 0.4) is 0 Å². The van der Waals surface area contributed by atoms with Crippen LogP contribution in [0.15, 0.2) is 18.3 Å². The predicted molar refractivity (Wildman–Crippen MR) is 71.6 cm³/mol. The Labute approximate surface area is 106 Å². The average Bonchev–Trinajstić information content (AvgIpc) is 2.76. The van der Waals surface area contributed by atoms with E-state index in [9.17, 15) is 0 Å². The van der Waals surface area contributed by atoms with Crippen molar-refractivity contribution < 1.29 is 0 Å². The van der Waals surface area contributed by atoms with E-state index in [1.807, 2.05) is 29.8 Å². The molecule has 0 aliphatic heterocycles. The summed E-state index contributed by atoms with van der Waals surface area (Å²) >= 11 is 0. The molecule has 0 saturated heterocycles. The first-order chi connectivity index (χ1) is 8.72. The molecule has 1 aliphatic carbocycles. The smallest absolute Gasteiger partial charge is 0.243 e. The van der Waals surface area contributed by atoms with E-state index in [4.69, 9.17) is 5.73 Å². The fraction of sp³-hybridized carbons (Fsp3) is 0.538. The molecule has 0 atom stereocenters. The van der Waals surface area contributed by atoms with Gasteiger partial charge in [-0.2, -0.15) is 4.98 Å². The van der Waals surface area contributed by atoms with Crippen molar-refractivity contribution in [3.05, 3.63) is 23.9 Å². The second kappa shape index (κ2) is 4.57. The number of rotatable bonds is 2. The highest BCUT2D eigenvalue weighted by Crippen LogP contribution is 2.20. The number of nitrogens with two attached hydrogens (primary N) is 1. The quantitative estimate of drug-likeness (QED) is 0.845. The lowest BCUT2D eigenvalue weighted by Gasteiger charge is -2.26. The molecule has 0 unspecified atom stereocenters. The summed E-state index contributed by atoms with van der Waals surface area (Å²) in [6, 6.07) is 4.87. The molecule has 2 aromatic heterocycles. The first-order valence-corrected chi connectivity index (χ1v) is 6.56. The molecule has 2 aromatic rings. The van der Waals surface area contributed by atoms with Gasteiger partial charge in [0.1, 0.15) is 0 Å². The van der Waals surface area contributed by atoms with Gasteiger partial charge in [-0.1, -0.05) is 6.07 Å². The van der Waals surface area contributed by atoms with Gasteiger partial charge in [0.05, 0.1) is 0 Å². The largest absolute Gasteiger partial charge is 0.350 e. The van der Waals surface area contributed by atoms with Gasteiger partial charge in [-0.05, 0) is 44.2 Å². The van der Waals surface area contributed by atoms with E-state index in [-0.39, 0.29) is 0 Å². The summed E-state index contributed by atoms with van der Waals surface area (Å²) in [6.45, 7) is 2.05. The molecule has 1 saturated carbocycles. The maximum absolute atomic E-state index is 5.91. The van der Waals surface area contributed by atoms with Gasteiger partial charge in [-0.25, -0.2) is 4.52 Å². The molecule has 3 rings (SSSR count). The summed E-state index contributed by atoms with van der Waals surface area (Å²) < 4.78 is 1.83. The van der Waals surface area contributed by atoms with Gasteiger partial charge in [0, 0.05) is 18.3 Å². The van der Waals surface area contributed by atoms with Crippen LogP contribution in [-0.4, -0.2) is 26.7 Å². The number of aryl methyl sites for hydroxylation is 1. The number of hydrogen-bond donors (Lipinski definition) is 2. The van der Waals surface area contributed by atoms with Crippen LogP contribution in [-0.2, 0) is 0 Å². The predicted octanol–water partition coefficient (Wildman–Crippen LogP) is 1.72. The Morgan fingerprint density at radius 1 is 1.33 bits per heavy atom. The maximum Gasteiger partial charge on any atom is 0.243 e. The summed E-state index contributed by atoms with van der Waals surface area (Å²) in [7, 11) is 0. The van der Waals surface area contributed by atoms with Gasteiger partial charge in [0.25, 0.3) is 0 Å². The second-order valence-corrected chi connectivity index (χ2v) is 5.15. The zero-order chi connectivity index (χ0) is 12.5. The number of fused-ring (bicyclic) bond motifs is 1. The standard InChI is InChI=1S/C13H19N5/c1-9-3-2-8-18-12(9)16-13(17-18)15-11-6-4-10(14)5-7-11/h2-3,8,10-11H,4-7,14H2,1H3,(H,15,17). The number of nitrogens with one attached hydrogen (secondary N) is 1. The monoisotopic (exact) mass is 245 g/mol. The highest BCUT2D eigenvalue weighted by molar-refractivity contribution is 5.49. The maximum atomic E-state index is 5.91. The summed E-state index contributed by atoms with van der Waals surface area (Å²) in [6.07, 6.45) is 6.32. The molecule has 1 aliphatic rings. The molecule has 96 valence electrons. The lowest BCUT2D eigenvalue weighted by Crippen LogP contribution is -2.33. The molecule has 1 fully saturated rings. The number of nitrogens with zero attached hydrogens (tertiary/aromatic N) is 3. The molecule has 0 aromatic carbocycles. The van der Waals surface area contributed by atoms with Crippen LogP contribution in [0, 0.1) is 6.92 Å². The van der Waals surface area contributed by atoms with Crippen molar-refractivity contribution in [2.75, 3.05) is 5.32 Å². The molecule has 0 radical (unpaired) electrons. The molecule has 0 bridgehead atoms. The van der Waals surface area contributed by atoms with Crippen molar-refractivity contribution in [2.45, 2.75) is 44.7 Å². The minimum atomic E-state index is 0.374. The first-order valence-electron chi connectivity index (χ1n) is 6.56. The number of pyridine rings is 1.